The van der Waals surface area contributed by atoms with Gasteiger partial charge in [0, 0.05) is 5.56 Å². The average molecular weight is 361 g/mol. The van der Waals surface area contributed by atoms with E-state index in [-0.39, 0.29) is 18.0 Å². The summed E-state index contributed by atoms with van der Waals surface area (Å²) in [5.74, 6) is 5.45. The van der Waals surface area contributed by atoms with Gasteiger partial charge in [0.15, 0.2) is 6.10 Å². The Hall–Kier alpha value is -2.94. The average Bonchev–Trinajstić information content (AvgIpc) is 2.60. The molecule has 0 bridgehead atoms. The lowest BCUT2D eigenvalue weighted by Gasteiger charge is -2.13. The lowest BCUT2D eigenvalue weighted by molar-refractivity contribution is -0.137. The van der Waals surface area contributed by atoms with Gasteiger partial charge in [0.05, 0.1) is 12.1 Å². The van der Waals surface area contributed by atoms with Crippen molar-refractivity contribution in [2.75, 3.05) is 6.54 Å². The number of benzene rings is 2. The van der Waals surface area contributed by atoms with E-state index in [0.717, 1.165) is 17.7 Å². The quantitative estimate of drug-likeness (QED) is 0.838. The van der Waals surface area contributed by atoms with E-state index in [4.69, 9.17) is 4.74 Å². The number of alkyl halides is 3. The summed E-state index contributed by atoms with van der Waals surface area (Å²) in [5, 5.41) is 2.57. The normalized spacial score (nSPS) is 11.9. The van der Waals surface area contributed by atoms with Crippen LogP contribution in [0.1, 0.15) is 23.6 Å². The van der Waals surface area contributed by atoms with Gasteiger partial charge >= 0.3 is 6.18 Å². The van der Waals surface area contributed by atoms with Crippen LogP contribution in [0.2, 0.25) is 0 Å². The second kappa shape index (κ2) is 8.43. The number of carbonyl (C=O) groups excluding carboxylic acids is 1. The van der Waals surface area contributed by atoms with Crippen molar-refractivity contribution in [1.29, 1.82) is 0 Å². The molecular weight excluding hydrogens is 343 g/mol. The highest BCUT2D eigenvalue weighted by Crippen LogP contribution is 2.29. The maximum Gasteiger partial charge on any atom is 0.416 e. The number of rotatable bonds is 4. The summed E-state index contributed by atoms with van der Waals surface area (Å²) in [4.78, 5) is 12.0. The fraction of sp³-hybridized carbons (Fsp3) is 0.250. The Balaban J connectivity index is 1.87. The third kappa shape index (κ3) is 5.85. The van der Waals surface area contributed by atoms with Crippen molar-refractivity contribution >= 4 is 5.91 Å². The first kappa shape index (κ1) is 19.4. The Morgan fingerprint density at radius 3 is 2.54 bits per heavy atom. The third-order valence-corrected chi connectivity index (χ3v) is 3.48. The number of hydrogen-bond donors (Lipinski definition) is 1. The Morgan fingerprint density at radius 1 is 1.19 bits per heavy atom. The Labute approximate surface area is 150 Å². The van der Waals surface area contributed by atoms with Crippen LogP contribution in [0, 0.1) is 18.8 Å². The molecule has 0 aliphatic carbocycles. The van der Waals surface area contributed by atoms with E-state index in [2.05, 4.69) is 17.2 Å². The molecule has 136 valence electrons. The topological polar surface area (TPSA) is 38.3 Å². The van der Waals surface area contributed by atoms with Gasteiger partial charge in [0.2, 0.25) is 0 Å². The first-order valence-electron chi connectivity index (χ1n) is 7.93. The number of halogens is 3. The monoisotopic (exact) mass is 361 g/mol. The minimum absolute atomic E-state index is 0.0106. The summed E-state index contributed by atoms with van der Waals surface area (Å²) in [6.45, 7) is 3.56. The van der Waals surface area contributed by atoms with Crippen LogP contribution in [0.5, 0.6) is 5.75 Å². The minimum Gasteiger partial charge on any atom is -0.481 e. The first-order valence-corrected chi connectivity index (χ1v) is 7.93. The lowest BCUT2D eigenvalue weighted by atomic mass is 10.1. The van der Waals surface area contributed by atoms with Crippen LogP contribution in [0.4, 0.5) is 13.2 Å². The molecule has 0 heterocycles. The Morgan fingerprint density at radius 2 is 1.88 bits per heavy atom. The molecule has 0 aromatic heterocycles. The molecule has 3 nitrogen and oxygen atoms in total. The number of ether oxygens (including phenoxy) is 1. The van der Waals surface area contributed by atoms with Gasteiger partial charge < -0.3 is 10.1 Å². The number of aryl methyl sites for hydroxylation is 1. The SMILES string of the molecule is Cc1ccc(OC(C)C(=O)NCC#Cc2cccc(C(F)(F)F)c2)cc1. The largest absolute Gasteiger partial charge is 0.481 e. The van der Waals surface area contributed by atoms with Crippen molar-refractivity contribution in [3.05, 3.63) is 65.2 Å². The molecule has 1 unspecified atom stereocenters. The van der Waals surface area contributed by atoms with Crippen molar-refractivity contribution in [1.82, 2.24) is 5.32 Å². The van der Waals surface area contributed by atoms with E-state index in [1.165, 1.54) is 12.1 Å². The number of nitrogens with one attached hydrogen (secondary N) is 1. The molecule has 0 aliphatic heterocycles. The van der Waals surface area contributed by atoms with Crippen LogP contribution in [-0.2, 0) is 11.0 Å². The second-order valence-electron chi connectivity index (χ2n) is 5.67. The molecule has 0 spiro atoms. The highest BCUT2D eigenvalue weighted by atomic mass is 19.4. The zero-order valence-electron chi connectivity index (χ0n) is 14.4. The van der Waals surface area contributed by atoms with Crippen LogP contribution in [0.25, 0.3) is 0 Å². The molecule has 0 saturated heterocycles. The van der Waals surface area contributed by atoms with E-state index < -0.39 is 17.8 Å². The molecule has 2 aromatic rings. The highest BCUT2D eigenvalue weighted by molar-refractivity contribution is 5.80. The van der Waals surface area contributed by atoms with E-state index in [0.29, 0.717) is 5.75 Å². The molecular formula is C20H18F3NO2. The molecule has 0 aliphatic rings. The van der Waals surface area contributed by atoms with Crippen molar-refractivity contribution in [2.45, 2.75) is 26.1 Å². The summed E-state index contributed by atoms with van der Waals surface area (Å²) in [6, 6.07) is 12.0. The summed E-state index contributed by atoms with van der Waals surface area (Å²) in [7, 11) is 0. The molecule has 1 amide bonds. The first-order chi connectivity index (χ1) is 12.3. The van der Waals surface area contributed by atoms with Gasteiger partial charge in [-0.25, -0.2) is 0 Å². The molecule has 0 radical (unpaired) electrons. The summed E-state index contributed by atoms with van der Waals surface area (Å²) in [5.41, 5.74) is 0.561. The molecule has 2 rings (SSSR count). The molecule has 0 fully saturated rings. The minimum atomic E-state index is -4.41. The molecule has 1 N–H and O–H groups in total. The fourth-order valence-electron chi connectivity index (χ4n) is 2.07. The lowest BCUT2D eigenvalue weighted by Crippen LogP contribution is -2.36. The van der Waals surface area contributed by atoms with E-state index in [9.17, 15) is 18.0 Å². The van der Waals surface area contributed by atoms with Crippen LogP contribution in [0.3, 0.4) is 0 Å². The van der Waals surface area contributed by atoms with Crippen molar-refractivity contribution in [2.24, 2.45) is 0 Å². The molecule has 6 heteroatoms. The number of carbonyl (C=O) groups is 1. The summed E-state index contributed by atoms with van der Waals surface area (Å²) < 4.78 is 43.4. The Bertz CT molecular complexity index is 817. The number of hydrogen-bond acceptors (Lipinski definition) is 2. The zero-order chi connectivity index (χ0) is 19.2. The molecule has 2 aromatic carbocycles. The van der Waals surface area contributed by atoms with E-state index in [1.54, 1.807) is 19.1 Å². The maximum atomic E-state index is 12.6. The van der Waals surface area contributed by atoms with Gasteiger partial charge in [-0.2, -0.15) is 13.2 Å². The smallest absolute Gasteiger partial charge is 0.416 e. The van der Waals surface area contributed by atoms with Crippen LogP contribution in [0.15, 0.2) is 48.5 Å². The van der Waals surface area contributed by atoms with Gasteiger partial charge in [0.1, 0.15) is 5.75 Å². The van der Waals surface area contributed by atoms with Crippen LogP contribution in [-0.4, -0.2) is 18.6 Å². The highest BCUT2D eigenvalue weighted by Gasteiger charge is 2.30. The van der Waals surface area contributed by atoms with Gasteiger partial charge in [0.25, 0.3) is 5.91 Å². The van der Waals surface area contributed by atoms with Crippen LogP contribution < -0.4 is 10.1 Å². The Kier molecular flexibility index (Phi) is 6.29. The second-order valence-corrected chi connectivity index (χ2v) is 5.67. The summed E-state index contributed by atoms with van der Waals surface area (Å²) in [6.07, 6.45) is -5.12. The maximum absolute atomic E-state index is 12.6. The summed E-state index contributed by atoms with van der Waals surface area (Å²) >= 11 is 0. The molecule has 1 atom stereocenters. The van der Waals surface area contributed by atoms with E-state index in [1.807, 2.05) is 19.1 Å². The number of amides is 1. The van der Waals surface area contributed by atoms with Crippen molar-refractivity contribution in [3.63, 3.8) is 0 Å². The third-order valence-electron chi connectivity index (χ3n) is 3.48. The van der Waals surface area contributed by atoms with Crippen molar-refractivity contribution < 1.29 is 22.7 Å². The fourth-order valence-corrected chi connectivity index (χ4v) is 2.07. The van der Waals surface area contributed by atoms with Gasteiger partial charge in [-0.3, -0.25) is 4.79 Å². The molecule has 0 saturated carbocycles. The van der Waals surface area contributed by atoms with Gasteiger partial charge in [-0.05, 0) is 44.2 Å². The zero-order valence-corrected chi connectivity index (χ0v) is 14.4. The standard InChI is InChI=1S/C20H18F3NO2/c1-14-8-10-18(11-9-14)26-15(2)19(25)24-12-4-6-16-5-3-7-17(13-16)20(21,22)23/h3,5,7-11,13,15H,12H2,1-2H3,(H,24,25). The van der Waals surface area contributed by atoms with E-state index >= 15 is 0 Å². The van der Waals surface area contributed by atoms with Gasteiger partial charge in [-0.15, -0.1) is 0 Å². The predicted octanol–water partition coefficient (Wildman–Crippen LogP) is 3.95. The molecule has 26 heavy (non-hydrogen) atoms. The van der Waals surface area contributed by atoms with Crippen LogP contribution >= 0.6 is 0 Å². The van der Waals surface area contributed by atoms with Crippen molar-refractivity contribution in [3.8, 4) is 17.6 Å². The predicted molar refractivity (Wildman–Crippen MR) is 92.6 cm³/mol. The van der Waals surface area contributed by atoms with Gasteiger partial charge in [-0.1, -0.05) is 35.6 Å².